The van der Waals surface area contributed by atoms with E-state index in [2.05, 4.69) is 152 Å². The van der Waals surface area contributed by atoms with Gasteiger partial charge in [-0.05, 0) is 32.7 Å². The van der Waals surface area contributed by atoms with E-state index in [1.54, 1.807) is 0 Å². The molecule has 0 fully saturated rings. The fourth-order valence-electron chi connectivity index (χ4n) is 5.13. The summed E-state index contributed by atoms with van der Waals surface area (Å²) in [6.07, 6.45) is 0. The Morgan fingerprint density at radius 1 is 0.364 bits per heavy atom. The Kier molecular flexibility index (Phi) is 6.32. The molecule has 0 N–H and O–H groups in total. The predicted octanol–water partition coefficient (Wildman–Crippen LogP) is 5.99. The summed E-state index contributed by atoms with van der Waals surface area (Å²) in [6, 6.07) is 56.8. The highest BCUT2D eigenvalue weighted by molar-refractivity contribution is 7.11. The van der Waals surface area contributed by atoms with Crippen molar-refractivity contribution < 1.29 is 0 Å². The lowest BCUT2D eigenvalue weighted by Gasteiger charge is -2.37. The van der Waals surface area contributed by atoms with Crippen LogP contribution in [0.4, 0.5) is 0 Å². The first kappa shape index (κ1) is 21.2. The average molecular weight is 441 g/mol. The van der Waals surface area contributed by atoms with Gasteiger partial charge in [-0.15, -0.1) is 0 Å². The quantitative estimate of drug-likeness (QED) is 0.215. The van der Waals surface area contributed by atoms with Crippen molar-refractivity contribution in [3.8, 4) is 0 Å². The van der Waals surface area contributed by atoms with Gasteiger partial charge in [0.25, 0.3) is 0 Å². The zero-order chi connectivity index (χ0) is 22.3. The Balaban J connectivity index is 1.78. The van der Waals surface area contributed by atoms with Crippen LogP contribution in [0.5, 0.6) is 0 Å². The Morgan fingerprint density at radius 2 is 0.636 bits per heavy atom. The lowest BCUT2D eigenvalue weighted by Crippen LogP contribution is -2.67. The fourth-order valence-corrected chi connectivity index (χ4v) is 10.2. The van der Waals surface area contributed by atoms with Crippen molar-refractivity contribution in [2.75, 3.05) is 0 Å². The molecule has 0 aliphatic rings. The molecule has 0 bridgehead atoms. The number of benzene rings is 5. The van der Waals surface area contributed by atoms with E-state index in [0.29, 0.717) is 5.92 Å². The first-order valence-corrected chi connectivity index (χ1v) is 13.8. The van der Waals surface area contributed by atoms with Crippen molar-refractivity contribution in [3.63, 3.8) is 0 Å². The van der Waals surface area contributed by atoms with E-state index in [4.69, 9.17) is 0 Å². The summed E-state index contributed by atoms with van der Waals surface area (Å²) in [5.41, 5.74) is 2.76. The minimum atomic E-state index is -2.35. The average Bonchev–Trinajstić information content (AvgIpc) is 2.92. The van der Waals surface area contributed by atoms with Crippen LogP contribution >= 0.6 is 0 Å². The summed E-state index contributed by atoms with van der Waals surface area (Å²) in [7, 11) is -2.35. The molecule has 0 spiro atoms. The maximum absolute atomic E-state index is 2.35. The summed E-state index contributed by atoms with van der Waals surface area (Å²) in [6.45, 7) is 0. The van der Waals surface area contributed by atoms with Gasteiger partial charge in [0.15, 0.2) is 0 Å². The molecule has 0 unspecified atom stereocenters. The molecule has 0 nitrogen and oxygen atoms in total. The summed E-state index contributed by atoms with van der Waals surface area (Å²) >= 11 is 0. The Bertz CT molecular complexity index is 1110. The maximum Gasteiger partial charge on any atom is 0.149 e. The normalized spacial score (nSPS) is 11.4. The topological polar surface area (TPSA) is 0 Å². The van der Waals surface area contributed by atoms with Crippen LogP contribution in [0.1, 0.15) is 17.0 Å². The van der Waals surface area contributed by atoms with Crippen LogP contribution in [-0.4, -0.2) is 8.07 Å². The van der Waals surface area contributed by atoms with Crippen molar-refractivity contribution in [2.45, 2.75) is 12.0 Å². The van der Waals surface area contributed by atoms with E-state index in [1.165, 1.54) is 26.7 Å². The molecule has 0 saturated carbocycles. The molecule has 0 atom stereocenters. The highest BCUT2D eigenvalue weighted by Crippen LogP contribution is 2.33. The zero-order valence-electron chi connectivity index (χ0n) is 18.7. The van der Waals surface area contributed by atoms with Gasteiger partial charge in [0.05, 0.1) is 0 Å². The van der Waals surface area contributed by atoms with Crippen LogP contribution < -0.4 is 15.6 Å². The van der Waals surface area contributed by atoms with Crippen molar-refractivity contribution in [2.24, 2.45) is 0 Å². The first-order chi connectivity index (χ1) is 16.4. The zero-order valence-corrected chi connectivity index (χ0v) is 19.7. The van der Waals surface area contributed by atoms with Gasteiger partial charge >= 0.3 is 0 Å². The maximum atomic E-state index is 2.35. The third-order valence-corrected chi connectivity index (χ3v) is 11.7. The van der Waals surface area contributed by atoms with E-state index in [9.17, 15) is 0 Å². The van der Waals surface area contributed by atoms with Gasteiger partial charge in [0, 0.05) is 5.92 Å². The van der Waals surface area contributed by atoms with Gasteiger partial charge in [-0.2, -0.15) is 0 Å². The molecule has 0 aliphatic heterocycles. The van der Waals surface area contributed by atoms with Crippen molar-refractivity contribution in [1.29, 1.82) is 0 Å². The lowest BCUT2D eigenvalue weighted by molar-refractivity contribution is 0.906. The third kappa shape index (κ3) is 4.33. The van der Waals surface area contributed by atoms with Crippen molar-refractivity contribution >= 4 is 23.6 Å². The van der Waals surface area contributed by atoms with Crippen molar-refractivity contribution in [1.82, 2.24) is 0 Å². The molecule has 5 aromatic carbocycles. The smallest absolute Gasteiger partial charge is 0.0624 e. The second kappa shape index (κ2) is 9.85. The van der Waals surface area contributed by atoms with Crippen LogP contribution in [0.25, 0.3) is 0 Å². The minimum Gasteiger partial charge on any atom is -0.0624 e. The van der Waals surface area contributed by atoms with Crippen LogP contribution in [-0.2, 0) is 0 Å². The second-order valence-electron chi connectivity index (χ2n) is 8.58. The molecular weight excluding hydrogens is 412 g/mol. The standard InChI is InChI=1S/C32H28Si/c1-6-16-27(17-7-1)32(28-18-8-2-9-19-28)26-33(29-20-10-3-11-21-29,30-22-12-4-13-23-30)31-24-14-5-15-25-31/h1-25,32H,26H2. The second-order valence-corrected chi connectivity index (χ2v) is 12.5. The summed E-state index contributed by atoms with van der Waals surface area (Å²) in [5, 5.41) is 4.37. The van der Waals surface area contributed by atoms with Gasteiger partial charge in [-0.25, -0.2) is 0 Å². The third-order valence-electron chi connectivity index (χ3n) is 6.71. The van der Waals surface area contributed by atoms with Crippen LogP contribution in [0.2, 0.25) is 6.04 Å². The molecule has 5 rings (SSSR count). The van der Waals surface area contributed by atoms with Crippen LogP contribution in [0.3, 0.4) is 0 Å². The van der Waals surface area contributed by atoms with Gasteiger partial charge in [0.1, 0.15) is 8.07 Å². The number of hydrogen-bond donors (Lipinski definition) is 0. The fraction of sp³-hybridized carbons (Fsp3) is 0.0625. The SMILES string of the molecule is c1ccc(C(C[Si](c2ccccc2)(c2ccccc2)c2ccccc2)c2ccccc2)cc1. The van der Waals surface area contributed by atoms with E-state index >= 15 is 0 Å². The first-order valence-electron chi connectivity index (χ1n) is 11.6. The highest BCUT2D eigenvalue weighted by Gasteiger charge is 2.41. The molecule has 0 heterocycles. The van der Waals surface area contributed by atoms with Gasteiger partial charge in [0.2, 0.25) is 0 Å². The van der Waals surface area contributed by atoms with Crippen LogP contribution in [0.15, 0.2) is 152 Å². The molecule has 0 aliphatic carbocycles. The summed E-state index contributed by atoms with van der Waals surface area (Å²) < 4.78 is 0. The molecule has 0 amide bonds. The van der Waals surface area contributed by atoms with E-state index in [-0.39, 0.29) is 0 Å². The van der Waals surface area contributed by atoms with Crippen LogP contribution in [0, 0.1) is 0 Å². The molecule has 33 heavy (non-hydrogen) atoms. The molecule has 0 aromatic heterocycles. The summed E-state index contributed by atoms with van der Waals surface area (Å²) in [5.74, 6) is 0.305. The molecule has 1 heteroatoms. The lowest BCUT2D eigenvalue weighted by atomic mass is 9.93. The molecule has 160 valence electrons. The molecule has 0 saturated heterocycles. The largest absolute Gasteiger partial charge is 0.149 e. The molecule has 0 radical (unpaired) electrons. The van der Waals surface area contributed by atoms with Gasteiger partial charge in [-0.1, -0.05) is 152 Å². The number of hydrogen-bond acceptors (Lipinski definition) is 0. The number of rotatable bonds is 7. The highest BCUT2D eigenvalue weighted by atomic mass is 28.3. The van der Waals surface area contributed by atoms with E-state index < -0.39 is 8.07 Å². The van der Waals surface area contributed by atoms with E-state index in [1.807, 2.05) is 0 Å². The van der Waals surface area contributed by atoms with E-state index in [0.717, 1.165) is 6.04 Å². The van der Waals surface area contributed by atoms with Gasteiger partial charge < -0.3 is 0 Å². The monoisotopic (exact) mass is 440 g/mol. The predicted molar refractivity (Wildman–Crippen MR) is 144 cm³/mol. The minimum absolute atomic E-state index is 0.305. The molecule has 5 aromatic rings. The Morgan fingerprint density at radius 3 is 0.939 bits per heavy atom. The Labute approximate surface area is 198 Å². The van der Waals surface area contributed by atoms with Crippen molar-refractivity contribution in [3.05, 3.63) is 163 Å². The molecular formula is C32H28Si. The summed E-state index contributed by atoms with van der Waals surface area (Å²) in [4.78, 5) is 0. The Hall–Kier alpha value is -3.68. The van der Waals surface area contributed by atoms with Gasteiger partial charge in [-0.3, -0.25) is 0 Å².